The number of carbonyl (C=O) groups excluding carboxylic acids is 2. The number of amides is 1. The van der Waals surface area contributed by atoms with Crippen LogP contribution in [0.1, 0.15) is 15.9 Å². The summed E-state index contributed by atoms with van der Waals surface area (Å²) in [6, 6.07) is 11.0. The lowest BCUT2D eigenvalue weighted by atomic mass is 10.2. The molecule has 0 spiro atoms. The molecule has 1 amide bonds. The van der Waals surface area contributed by atoms with Gasteiger partial charge in [0.1, 0.15) is 34.8 Å². The highest BCUT2D eigenvalue weighted by molar-refractivity contribution is 6.46. The number of aromatic amines is 1. The number of nitrogens with zero attached hydrogens (tertiary/aromatic N) is 6. The number of Topliss-reactive ketones (excluding diaryl/α,β-unsaturated/α-hetero) is 1. The Hall–Kier alpha value is -5.20. The van der Waals surface area contributed by atoms with E-state index in [1.165, 1.54) is 29.3 Å². The van der Waals surface area contributed by atoms with Crippen LogP contribution in [0.15, 0.2) is 65.6 Å². The second-order valence-electron chi connectivity index (χ2n) is 7.22. The Morgan fingerprint density at radius 1 is 1.17 bits per heavy atom. The van der Waals surface area contributed by atoms with E-state index in [0.717, 1.165) is 6.20 Å². The van der Waals surface area contributed by atoms with E-state index >= 15 is 0 Å². The van der Waals surface area contributed by atoms with Gasteiger partial charge < -0.3 is 14.9 Å². The number of halogens is 1. The molecule has 35 heavy (non-hydrogen) atoms. The summed E-state index contributed by atoms with van der Waals surface area (Å²) in [5, 5.41) is 26.0. The van der Waals surface area contributed by atoms with Gasteiger partial charge in [-0.05, 0) is 18.2 Å². The van der Waals surface area contributed by atoms with Crippen LogP contribution in [0.4, 0.5) is 10.2 Å². The van der Waals surface area contributed by atoms with Crippen molar-refractivity contribution >= 4 is 17.5 Å². The van der Waals surface area contributed by atoms with Crippen molar-refractivity contribution in [1.82, 2.24) is 35.1 Å². The number of hydrogen-bond acceptors (Lipinski definition) is 9. The average Bonchev–Trinajstić information content (AvgIpc) is 3.61. The second kappa shape index (κ2) is 8.97. The molecule has 5 aromatic rings. The lowest BCUT2D eigenvalue weighted by molar-refractivity contribution is -0.112. The summed E-state index contributed by atoms with van der Waals surface area (Å²) in [6.45, 7) is 0.105. The SMILES string of the molecule is O=C(Nc1ccnc(-c2cc(-c3ccon3)n(Cc3ccccc3F)n2)n1)C(=O)c1c[nH]nc1O. The lowest BCUT2D eigenvalue weighted by Gasteiger charge is -2.06. The molecule has 0 saturated carbocycles. The van der Waals surface area contributed by atoms with Crippen LogP contribution in [0.2, 0.25) is 0 Å². The minimum atomic E-state index is -1.03. The van der Waals surface area contributed by atoms with E-state index < -0.39 is 17.6 Å². The van der Waals surface area contributed by atoms with E-state index in [4.69, 9.17) is 4.52 Å². The first kappa shape index (κ1) is 21.6. The number of carbonyl (C=O) groups is 2. The van der Waals surface area contributed by atoms with Gasteiger partial charge in [0.15, 0.2) is 5.82 Å². The van der Waals surface area contributed by atoms with Gasteiger partial charge in [-0.25, -0.2) is 14.4 Å². The number of hydrogen-bond donors (Lipinski definition) is 3. The quantitative estimate of drug-likeness (QED) is 0.237. The second-order valence-corrected chi connectivity index (χ2v) is 7.22. The number of ketones is 1. The highest BCUT2D eigenvalue weighted by Crippen LogP contribution is 2.25. The zero-order chi connectivity index (χ0) is 24.4. The average molecular weight is 474 g/mol. The van der Waals surface area contributed by atoms with Crippen LogP contribution in [0.25, 0.3) is 22.9 Å². The van der Waals surface area contributed by atoms with Gasteiger partial charge in [0.05, 0.1) is 12.2 Å². The van der Waals surface area contributed by atoms with Crippen LogP contribution in [-0.4, -0.2) is 51.9 Å². The fourth-order valence-corrected chi connectivity index (χ4v) is 3.28. The zero-order valence-corrected chi connectivity index (χ0v) is 17.7. The molecule has 0 aliphatic rings. The predicted octanol–water partition coefficient (Wildman–Crippen LogP) is 2.43. The number of anilines is 1. The molecule has 0 fully saturated rings. The smallest absolute Gasteiger partial charge is 0.298 e. The number of benzene rings is 1. The summed E-state index contributed by atoms with van der Waals surface area (Å²) in [4.78, 5) is 33.0. The molecule has 0 saturated heterocycles. The van der Waals surface area contributed by atoms with Gasteiger partial charge in [-0.3, -0.25) is 19.4 Å². The van der Waals surface area contributed by atoms with Gasteiger partial charge in [0.25, 0.3) is 11.7 Å². The summed E-state index contributed by atoms with van der Waals surface area (Å²) < 4.78 is 20.7. The highest BCUT2D eigenvalue weighted by atomic mass is 19.1. The maximum atomic E-state index is 14.3. The molecule has 0 radical (unpaired) electrons. The van der Waals surface area contributed by atoms with E-state index in [9.17, 15) is 19.1 Å². The molecule has 0 bridgehead atoms. The largest absolute Gasteiger partial charge is 0.492 e. The summed E-state index contributed by atoms with van der Waals surface area (Å²) in [6.07, 6.45) is 3.89. The number of aromatic hydroxyl groups is 1. The van der Waals surface area contributed by atoms with Gasteiger partial charge in [-0.2, -0.15) is 5.10 Å². The van der Waals surface area contributed by atoms with Crippen molar-refractivity contribution < 1.29 is 23.6 Å². The fourth-order valence-electron chi connectivity index (χ4n) is 3.28. The Labute approximate surface area is 195 Å². The van der Waals surface area contributed by atoms with Gasteiger partial charge in [-0.15, -0.1) is 5.10 Å². The number of nitrogens with one attached hydrogen (secondary N) is 2. The third kappa shape index (κ3) is 4.37. The van der Waals surface area contributed by atoms with Crippen molar-refractivity contribution in [3.8, 4) is 28.8 Å². The van der Waals surface area contributed by atoms with E-state index in [-0.39, 0.29) is 29.6 Å². The Morgan fingerprint density at radius 3 is 2.77 bits per heavy atom. The van der Waals surface area contributed by atoms with Gasteiger partial charge in [0, 0.05) is 24.0 Å². The molecule has 1 aromatic carbocycles. The summed E-state index contributed by atoms with van der Waals surface area (Å²) in [5.41, 5.74) is 1.45. The Morgan fingerprint density at radius 2 is 2.03 bits per heavy atom. The van der Waals surface area contributed by atoms with Crippen molar-refractivity contribution in [3.05, 3.63) is 78.1 Å². The first-order valence-corrected chi connectivity index (χ1v) is 10.1. The van der Waals surface area contributed by atoms with Crippen molar-refractivity contribution in [2.45, 2.75) is 6.54 Å². The number of H-pyrrole nitrogens is 1. The summed E-state index contributed by atoms with van der Waals surface area (Å²) in [5.74, 6) is -2.83. The molecule has 0 atom stereocenters. The molecule has 5 rings (SSSR count). The van der Waals surface area contributed by atoms with E-state index in [1.807, 2.05) is 0 Å². The molecule has 0 aliphatic heterocycles. The van der Waals surface area contributed by atoms with E-state index in [2.05, 4.69) is 35.7 Å². The van der Waals surface area contributed by atoms with Crippen LogP contribution in [0, 0.1) is 5.82 Å². The fraction of sp³-hybridized carbons (Fsp3) is 0.0455. The van der Waals surface area contributed by atoms with Crippen LogP contribution < -0.4 is 5.32 Å². The van der Waals surface area contributed by atoms with E-state index in [0.29, 0.717) is 22.6 Å². The Balaban J connectivity index is 1.45. The number of rotatable bonds is 7. The third-order valence-corrected chi connectivity index (χ3v) is 4.96. The van der Waals surface area contributed by atoms with Gasteiger partial charge in [0.2, 0.25) is 5.88 Å². The molecule has 4 heterocycles. The maximum Gasteiger partial charge on any atom is 0.298 e. The highest BCUT2D eigenvalue weighted by Gasteiger charge is 2.23. The van der Waals surface area contributed by atoms with Crippen molar-refractivity contribution in [2.24, 2.45) is 0 Å². The minimum Gasteiger partial charge on any atom is -0.492 e. The van der Waals surface area contributed by atoms with Crippen molar-refractivity contribution in [2.75, 3.05) is 5.32 Å². The molecular weight excluding hydrogens is 459 g/mol. The van der Waals surface area contributed by atoms with Crippen LogP contribution in [0.5, 0.6) is 5.88 Å². The van der Waals surface area contributed by atoms with Gasteiger partial charge >= 0.3 is 0 Å². The first-order valence-electron chi connectivity index (χ1n) is 10.1. The molecule has 0 unspecified atom stereocenters. The summed E-state index contributed by atoms with van der Waals surface area (Å²) in [7, 11) is 0. The molecule has 3 N–H and O–H groups in total. The topological polar surface area (TPSA) is 165 Å². The molecule has 13 heteroatoms. The summed E-state index contributed by atoms with van der Waals surface area (Å²) >= 11 is 0. The Kier molecular flexibility index (Phi) is 5.55. The molecule has 174 valence electrons. The van der Waals surface area contributed by atoms with Crippen molar-refractivity contribution in [1.29, 1.82) is 0 Å². The van der Waals surface area contributed by atoms with Crippen LogP contribution in [-0.2, 0) is 11.3 Å². The standard InChI is InChI=1S/C22H15FN8O4/c23-14-4-2-1-3-12(14)11-31-17(15-6-8-35-30-15)9-16(29-31)20-24-7-5-18(26-20)27-22(34)19(32)13-10-25-28-21(13)33/h1-10H,11H2,(H2,25,28,33)(H,24,26,27,34). The Bertz CT molecular complexity index is 1530. The predicted molar refractivity (Wildman–Crippen MR) is 117 cm³/mol. The third-order valence-electron chi connectivity index (χ3n) is 4.96. The monoisotopic (exact) mass is 474 g/mol. The van der Waals surface area contributed by atoms with Gasteiger partial charge in [-0.1, -0.05) is 23.4 Å². The van der Waals surface area contributed by atoms with E-state index in [1.54, 1.807) is 30.3 Å². The van der Waals surface area contributed by atoms with Crippen LogP contribution in [0.3, 0.4) is 0 Å². The molecule has 12 nitrogen and oxygen atoms in total. The molecule has 4 aromatic heterocycles. The first-order chi connectivity index (χ1) is 17.0. The number of aromatic nitrogens is 7. The van der Waals surface area contributed by atoms with Crippen molar-refractivity contribution in [3.63, 3.8) is 0 Å². The maximum absolute atomic E-state index is 14.3. The normalized spacial score (nSPS) is 10.9. The van der Waals surface area contributed by atoms with Crippen LogP contribution >= 0.6 is 0 Å². The zero-order valence-electron chi connectivity index (χ0n) is 17.7. The molecule has 0 aliphatic carbocycles. The molecular formula is C22H15FN8O4. The lowest BCUT2D eigenvalue weighted by Crippen LogP contribution is -2.23. The minimum absolute atomic E-state index is 0.0305.